The van der Waals surface area contributed by atoms with Gasteiger partial charge in [0.2, 0.25) is 12.4 Å². The van der Waals surface area contributed by atoms with Gasteiger partial charge in [0.1, 0.15) is 27.9 Å². The van der Waals surface area contributed by atoms with Gasteiger partial charge < -0.3 is 24.1 Å². The maximum atomic E-state index is 14.1. The molecule has 1 aromatic heterocycles. The Hall–Kier alpha value is -4.55. The summed E-state index contributed by atoms with van der Waals surface area (Å²) in [4.78, 5) is 29.4. The zero-order valence-corrected chi connectivity index (χ0v) is 30.7. The fourth-order valence-corrected chi connectivity index (χ4v) is 8.06. The zero-order valence-electron chi connectivity index (χ0n) is 29.2. The molecule has 3 aliphatic rings. The third-order valence-corrected chi connectivity index (χ3v) is 10.8. The van der Waals surface area contributed by atoms with E-state index >= 15 is 0 Å². The molecule has 2 bridgehead atoms. The first-order valence-electron chi connectivity index (χ1n) is 17.1. The number of halogens is 2. The second-order valence-electron chi connectivity index (χ2n) is 13.0. The molecule has 3 saturated heterocycles. The van der Waals surface area contributed by atoms with Crippen LogP contribution in [0.4, 0.5) is 0 Å². The van der Waals surface area contributed by atoms with Gasteiger partial charge in [-0.25, -0.2) is 9.59 Å². The van der Waals surface area contributed by atoms with E-state index in [2.05, 4.69) is 10.2 Å². The third-order valence-electron chi connectivity index (χ3n) is 10.1. The molecule has 7 rings (SSSR count). The van der Waals surface area contributed by atoms with E-state index in [-0.39, 0.29) is 34.7 Å². The molecule has 3 fully saturated rings. The smallest absolute Gasteiger partial charge is 0.335 e. The molecule has 4 aromatic rings. The molecular weight excluding hydrogens is 709 g/mol. The Balaban J connectivity index is 1.43. The number of carbonyl (C=O) groups is 2. The number of pyridine rings is 1. The van der Waals surface area contributed by atoms with E-state index in [4.69, 9.17) is 42.1 Å². The highest BCUT2D eigenvalue weighted by Crippen LogP contribution is 2.40. The predicted molar refractivity (Wildman–Crippen MR) is 194 cm³/mol. The van der Waals surface area contributed by atoms with Crippen molar-refractivity contribution in [1.29, 1.82) is 0 Å². The second kappa shape index (κ2) is 16.4. The standard InChI is InChI=1S/C39H41Cl2N3O8/c1-49-32-10-5-4-8-26(32)37(39(47)52-35-22-43-15-13-23(35)14-16-43)42-19-25-7-6-9-27(38(45)46)36(25)28(18-29-30(40)20-44(48)21-31(29)41)24-11-12-33(50-2)34(17-24)51-3/h4-12,17,20-21,23,28,35,37,42H,13-16,18-19,22H2,1-3H3,(H-,45,46,48)/p+1/t28-,35-,37?/m0/s1. The first-order chi connectivity index (χ1) is 25.1. The SMILES string of the molecule is COc1ccc([C@H](Cc2c(Cl)c[n+](O)cc2Cl)c2c(CNC(C(=O)O[C@H]3CN4CCC3CC4)c3ccccc3OC)cccc2C(=O)O)cc1OC. The summed E-state index contributed by atoms with van der Waals surface area (Å²) in [5.74, 6) is -0.441. The van der Waals surface area contributed by atoms with E-state index < -0.39 is 23.9 Å². The highest BCUT2D eigenvalue weighted by molar-refractivity contribution is 6.35. The molecule has 3 aliphatic heterocycles. The third kappa shape index (κ3) is 7.92. The largest absolute Gasteiger partial charge is 0.496 e. The van der Waals surface area contributed by atoms with Gasteiger partial charge in [-0.3, -0.25) is 15.4 Å². The van der Waals surface area contributed by atoms with Crippen LogP contribution in [0.1, 0.15) is 63.0 Å². The number of nitrogens with zero attached hydrogens (tertiary/aromatic N) is 2. The number of ether oxygens (including phenoxy) is 4. The lowest BCUT2D eigenvalue weighted by Gasteiger charge is -2.44. The molecule has 0 amide bonds. The normalized spacial score (nSPS) is 19.1. The van der Waals surface area contributed by atoms with E-state index in [0.29, 0.717) is 57.5 Å². The van der Waals surface area contributed by atoms with Crippen LogP contribution < -0.4 is 24.3 Å². The summed E-state index contributed by atoms with van der Waals surface area (Å²) in [5.41, 5.74) is 2.96. The molecular formula is C39H42Cl2N3O8+. The number of benzene rings is 3. The zero-order chi connectivity index (χ0) is 36.9. The number of fused-ring (bicyclic) bond motifs is 3. The topological polar surface area (TPSA) is 131 Å². The summed E-state index contributed by atoms with van der Waals surface area (Å²) >= 11 is 13.3. The molecule has 0 radical (unpaired) electrons. The summed E-state index contributed by atoms with van der Waals surface area (Å²) in [6.45, 7) is 2.81. The molecule has 13 heteroatoms. The maximum Gasteiger partial charge on any atom is 0.335 e. The van der Waals surface area contributed by atoms with E-state index in [9.17, 15) is 19.9 Å². The van der Waals surface area contributed by atoms with Crippen molar-refractivity contribution < 1.29 is 43.6 Å². The number of carboxylic acids is 1. The predicted octanol–water partition coefficient (Wildman–Crippen LogP) is 6.09. The molecule has 11 nitrogen and oxygen atoms in total. The first-order valence-corrected chi connectivity index (χ1v) is 17.8. The van der Waals surface area contributed by atoms with Crippen LogP contribution in [0.2, 0.25) is 10.0 Å². The molecule has 3 atom stereocenters. The quantitative estimate of drug-likeness (QED) is 0.0792. The summed E-state index contributed by atoms with van der Waals surface area (Å²) in [7, 11) is 4.61. The minimum atomic E-state index is -1.14. The van der Waals surface area contributed by atoms with Gasteiger partial charge in [-0.05, 0) is 79.2 Å². The number of hydrogen-bond acceptors (Lipinski definition) is 9. The van der Waals surface area contributed by atoms with Crippen molar-refractivity contribution in [2.45, 2.75) is 43.9 Å². The summed E-state index contributed by atoms with van der Waals surface area (Å²) in [5, 5.41) is 24.5. The van der Waals surface area contributed by atoms with Crippen LogP contribution in [0.15, 0.2) is 73.1 Å². The summed E-state index contributed by atoms with van der Waals surface area (Å²) < 4.78 is 23.8. The van der Waals surface area contributed by atoms with E-state index in [0.717, 1.165) is 30.7 Å². The number of nitrogens with one attached hydrogen (secondary N) is 1. The van der Waals surface area contributed by atoms with Crippen molar-refractivity contribution in [1.82, 2.24) is 10.2 Å². The minimum Gasteiger partial charge on any atom is -0.496 e. The maximum absolute atomic E-state index is 14.1. The number of para-hydroxylation sites is 1. The first kappa shape index (κ1) is 37.2. The Kier molecular flexibility index (Phi) is 11.7. The van der Waals surface area contributed by atoms with Gasteiger partial charge in [-0.15, -0.1) is 0 Å². The molecule has 0 spiro atoms. The monoisotopic (exact) mass is 750 g/mol. The molecule has 1 unspecified atom stereocenters. The Morgan fingerprint density at radius 1 is 0.923 bits per heavy atom. The number of rotatable bonds is 14. The van der Waals surface area contributed by atoms with E-state index in [1.165, 1.54) is 26.6 Å². The summed E-state index contributed by atoms with van der Waals surface area (Å²) in [6, 6.07) is 16.8. The Labute approximate surface area is 312 Å². The number of carbonyl (C=O) groups excluding carboxylic acids is 1. The van der Waals surface area contributed by atoms with Crippen LogP contribution in [0.5, 0.6) is 17.2 Å². The van der Waals surface area contributed by atoms with Gasteiger partial charge in [0, 0.05) is 34.9 Å². The highest BCUT2D eigenvalue weighted by Gasteiger charge is 2.38. The van der Waals surface area contributed by atoms with Crippen LogP contribution in [-0.4, -0.2) is 74.2 Å². The minimum absolute atomic E-state index is 0.0585. The number of methoxy groups -OCH3 is 3. The van der Waals surface area contributed by atoms with Crippen molar-refractivity contribution in [2.75, 3.05) is 41.0 Å². The van der Waals surface area contributed by atoms with E-state index in [1.807, 2.05) is 30.3 Å². The average molecular weight is 752 g/mol. The highest BCUT2D eigenvalue weighted by atomic mass is 35.5. The second-order valence-corrected chi connectivity index (χ2v) is 13.9. The molecule has 3 aromatic carbocycles. The van der Waals surface area contributed by atoms with Crippen molar-refractivity contribution in [3.05, 3.63) is 116 Å². The molecule has 0 saturated carbocycles. The number of esters is 1. The fraction of sp³-hybridized carbons (Fsp3) is 0.359. The van der Waals surface area contributed by atoms with Gasteiger partial charge in [0.05, 0.1) is 26.9 Å². The molecule has 52 heavy (non-hydrogen) atoms. The average Bonchev–Trinajstić information content (AvgIpc) is 3.15. The molecule has 274 valence electrons. The molecule has 4 heterocycles. The Bertz CT molecular complexity index is 1910. The van der Waals surface area contributed by atoms with Crippen molar-refractivity contribution in [2.24, 2.45) is 5.92 Å². The number of aromatic nitrogens is 1. The van der Waals surface area contributed by atoms with Crippen LogP contribution in [0.3, 0.4) is 0 Å². The van der Waals surface area contributed by atoms with Gasteiger partial charge in [0.25, 0.3) is 0 Å². The van der Waals surface area contributed by atoms with E-state index in [1.54, 1.807) is 37.4 Å². The number of hydrogen-bond donors (Lipinski definition) is 3. The Morgan fingerprint density at radius 3 is 2.25 bits per heavy atom. The van der Waals surface area contributed by atoms with Crippen molar-refractivity contribution >= 4 is 35.1 Å². The number of aromatic carboxylic acids is 1. The van der Waals surface area contributed by atoms with Gasteiger partial charge in [-0.2, -0.15) is 0 Å². The Morgan fingerprint density at radius 2 is 1.62 bits per heavy atom. The number of piperidine rings is 3. The lowest BCUT2D eigenvalue weighted by molar-refractivity contribution is -0.904. The lowest BCUT2D eigenvalue weighted by atomic mass is 9.80. The lowest BCUT2D eigenvalue weighted by Crippen LogP contribution is -2.52. The van der Waals surface area contributed by atoms with Gasteiger partial charge in [-0.1, -0.05) is 59.6 Å². The van der Waals surface area contributed by atoms with Crippen LogP contribution in [0, 0.1) is 5.92 Å². The van der Waals surface area contributed by atoms with Crippen molar-refractivity contribution in [3.8, 4) is 17.2 Å². The molecule has 3 N–H and O–H groups in total. The van der Waals surface area contributed by atoms with Gasteiger partial charge >= 0.3 is 11.9 Å². The van der Waals surface area contributed by atoms with Crippen LogP contribution in [-0.2, 0) is 22.5 Å². The summed E-state index contributed by atoms with van der Waals surface area (Å²) in [6.07, 6.45) is 4.55. The number of carboxylic acid groups (broad SMARTS) is 1. The van der Waals surface area contributed by atoms with Crippen LogP contribution >= 0.6 is 23.2 Å². The van der Waals surface area contributed by atoms with Crippen molar-refractivity contribution in [3.63, 3.8) is 0 Å². The van der Waals surface area contributed by atoms with Gasteiger partial charge in [0.15, 0.2) is 11.5 Å². The van der Waals surface area contributed by atoms with Crippen LogP contribution in [0.25, 0.3) is 0 Å². The fourth-order valence-electron chi connectivity index (χ4n) is 7.46. The molecule has 0 aliphatic carbocycles.